The van der Waals surface area contributed by atoms with Crippen molar-refractivity contribution in [2.45, 2.75) is 6.42 Å². The summed E-state index contributed by atoms with van der Waals surface area (Å²) in [6, 6.07) is 0. The van der Waals surface area contributed by atoms with E-state index in [0.29, 0.717) is 12.5 Å². The largest absolute Gasteiger partial charge is 0.394 e. The molecule has 0 aromatic heterocycles. The molecule has 0 amide bonds. The summed E-state index contributed by atoms with van der Waals surface area (Å²) in [5.74, 6) is 0.687. The molecule has 66 valence electrons. The summed E-state index contributed by atoms with van der Waals surface area (Å²) < 4.78 is 5.24. The molecule has 1 aliphatic heterocycles. The van der Waals surface area contributed by atoms with Crippen molar-refractivity contribution in [3.8, 4) is 0 Å². The van der Waals surface area contributed by atoms with Crippen LogP contribution in [-0.2, 0) is 4.74 Å². The highest BCUT2D eigenvalue weighted by molar-refractivity contribution is 4.71. The highest BCUT2D eigenvalue weighted by Crippen LogP contribution is 2.13. The Morgan fingerprint density at radius 3 is 3.00 bits per heavy atom. The lowest BCUT2D eigenvalue weighted by molar-refractivity contribution is 0.0699. The Morgan fingerprint density at radius 1 is 1.64 bits per heavy atom. The normalized spacial score (nSPS) is 26.2. The van der Waals surface area contributed by atoms with Gasteiger partial charge in [-0.1, -0.05) is 0 Å². The Kier molecular flexibility index (Phi) is 3.83. The van der Waals surface area contributed by atoms with Crippen LogP contribution in [0.2, 0.25) is 0 Å². The van der Waals surface area contributed by atoms with Crippen molar-refractivity contribution in [3.63, 3.8) is 0 Å². The van der Waals surface area contributed by atoms with E-state index in [1.165, 1.54) is 13.0 Å². The summed E-state index contributed by atoms with van der Waals surface area (Å²) >= 11 is 0. The first-order valence-corrected chi connectivity index (χ1v) is 4.20. The molecule has 0 spiro atoms. The van der Waals surface area contributed by atoms with E-state index in [4.69, 9.17) is 9.84 Å². The highest BCUT2D eigenvalue weighted by atomic mass is 16.5. The molecule has 1 fully saturated rings. The van der Waals surface area contributed by atoms with Crippen LogP contribution in [0.1, 0.15) is 6.42 Å². The van der Waals surface area contributed by atoms with Gasteiger partial charge in [-0.15, -0.1) is 0 Å². The van der Waals surface area contributed by atoms with Gasteiger partial charge in [0.1, 0.15) is 0 Å². The Morgan fingerprint density at radius 2 is 2.45 bits per heavy atom. The molecule has 3 nitrogen and oxygen atoms in total. The molecule has 0 saturated carbocycles. The number of nitrogens with zero attached hydrogens (tertiary/aromatic N) is 1. The van der Waals surface area contributed by atoms with Gasteiger partial charge < -0.3 is 14.7 Å². The molecule has 0 aromatic rings. The summed E-state index contributed by atoms with van der Waals surface area (Å²) in [6.45, 7) is 3.77. The van der Waals surface area contributed by atoms with Gasteiger partial charge in [0.25, 0.3) is 0 Å². The molecular weight excluding hydrogens is 142 g/mol. The van der Waals surface area contributed by atoms with Gasteiger partial charge in [0, 0.05) is 6.54 Å². The van der Waals surface area contributed by atoms with E-state index in [1.807, 2.05) is 0 Å². The summed E-state index contributed by atoms with van der Waals surface area (Å²) in [6.07, 6.45) is 1.24. The van der Waals surface area contributed by atoms with E-state index in [-0.39, 0.29) is 6.61 Å². The van der Waals surface area contributed by atoms with Gasteiger partial charge in [-0.2, -0.15) is 0 Å². The minimum atomic E-state index is 0.141. The van der Waals surface area contributed by atoms with Crippen LogP contribution in [-0.4, -0.2) is 50.0 Å². The number of hydrogen-bond donors (Lipinski definition) is 1. The van der Waals surface area contributed by atoms with Crippen LogP contribution < -0.4 is 0 Å². The second-order valence-corrected chi connectivity index (χ2v) is 3.22. The zero-order valence-electron chi connectivity index (χ0n) is 7.12. The predicted molar refractivity (Wildman–Crippen MR) is 43.5 cm³/mol. The average Bonchev–Trinajstić information content (AvgIpc) is 2.37. The standard InChI is InChI=1S/C8H17NO2/c1-9-3-2-8(6-9)7-11-5-4-10/h8,10H,2-7H2,1H3/t8-/m1/s1. The van der Waals surface area contributed by atoms with Crippen LogP contribution in [0.4, 0.5) is 0 Å². The van der Waals surface area contributed by atoms with E-state index in [9.17, 15) is 0 Å². The Bertz CT molecular complexity index is 108. The third-order valence-corrected chi connectivity index (χ3v) is 2.08. The molecule has 1 rings (SSSR count). The molecule has 1 atom stereocenters. The Hall–Kier alpha value is -0.120. The predicted octanol–water partition coefficient (Wildman–Crippen LogP) is -0.0530. The lowest BCUT2D eigenvalue weighted by atomic mass is 10.1. The molecule has 0 aliphatic carbocycles. The topological polar surface area (TPSA) is 32.7 Å². The maximum Gasteiger partial charge on any atom is 0.0697 e. The monoisotopic (exact) mass is 159 g/mol. The quantitative estimate of drug-likeness (QED) is 0.584. The van der Waals surface area contributed by atoms with Crippen LogP contribution in [0.15, 0.2) is 0 Å². The average molecular weight is 159 g/mol. The fourth-order valence-corrected chi connectivity index (χ4v) is 1.48. The smallest absolute Gasteiger partial charge is 0.0697 e. The van der Waals surface area contributed by atoms with Gasteiger partial charge in [-0.05, 0) is 25.9 Å². The lowest BCUT2D eigenvalue weighted by Gasteiger charge is -2.09. The van der Waals surface area contributed by atoms with Crippen molar-refractivity contribution in [1.29, 1.82) is 0 Å². The first kappa shape index (κ1) is 8.97. The van der Waals surface area contributed by atoms with Crippen LogP contribution in [0.5, 0.6) is 0 Å². The van der Waals surface area contributed by atoms with E-state index in [1.54, 1.807) is 0 Å². The van der Waals surface area contributed by atoms with E-state index in [0.717, 1.165) is 13.2 Å². The van der Waals surface area contributed by atoms with Crippen molar-refractivity contribution in [2.75, 3.05) is 40.0 Å². The summed E-state index contributed by atoms with van der Waals surface area (Å²) in [4.78, 5) is 2.31. The van der Waals surface area contributed by atoms with Crippen LogP contribution in [0.3, 0.4) is 0 Å². The number of hydrogen-bond acceptors (Lipinski definition) is 3. The molecule has 0 radical (unpaired) electrons. The summed E-state index contributed by atoms with van der Waals surface area (Å²) in [5, 5.41) is 8.46. The number of ether oxygens (including phenoxy) is 1. The Balaban J connectivity index is 1.99. The molecule has 1 saturated heterocycles. The van der Waals surface area contributed by atoms with Gasteiger partial charge in [0.05, 0.1) is 19.8 Å². The fourth-order valence-electron chi connectivity index (χ4n) is 1.48. The van der Waals surface area contributed by atoms with E-state index < -0.39 is 0 Å². The third kappa shape index (κ3) is 3.18. The first-order chi connectivity index (χ1) is 5.33. The summed E-state index contributed by atoms with van der Waals surface area (Å²) in [7, 11) is 2.13. The minimum Gasteiger partial charge on any atom is -0.394 e. The molecule has 1 heterocycles. The van der Waals surface area contributed by atoms with Crippen molar-refractivity contribution in [1.82, 2.24) is 4.90 Å². The van der Waals surface area contributed by atoms with E-state index in [2.05, 4.69) is 11.9 Å². The number of rotatable bonds is 4. The maximum atomic E-state index is 8.46. The Labute approximate surface area is 68.0 Å². The number of aliphatic hydroxyl groups excluding tert-OH is 1. The highest BCUT2D eigenvalue weighted by Gasteiger charge is 2.18. The van der Waals surface area contributed by atoms with Crippen molar-refractivity contribution in [2.24, 2.45) is 5.92 Å². The third-order valence-electron chi connectivity index (χ3n) is 2.08. The fraction of sp³-hybridized carbons (Fsp3) is 1.00. The van der Waals surface area contributed by atoms with Crippen molar-refractivity contribution in [3.05, 3.63) is 0 Å². The van der Waals surface area contributed by atoms with Crippen LogP contribution >= 0.6 is 0 Å². The molecule has 0 unspecified atom stereocenters. The number of aliphatic hydroxyl groups is 1. The van der Waals surface area contributed by atoms with Gasteiger partial charge >= 0.3 is 0 Å². The van der Waals surface area contributed by atoms with Crippen molar-refractivity contribution < 1.29 is 9.84 Å². The number of likely N-dealkylation sites (tertiary alicyclic amines) is 1. The maximum absolute atomic E-state index is 8.46. The second kappa shape index (κ2) is 4.70. The summed E-state index contributed by atoms with van der Waals surface area (Å²) in [5.41, 5.74) is 0. The van der Waals surface area contributed by atoms with Gasteiger partial charge in [0.2, 0.25) is 0 Å². The minimum absolute atomic E-state index is 0.141. The molecule has 11 heavy (non-hydrogen) atoms. The first-order valence-electron chi connectivity index (χ1n) is 4.20. The second-order valence-electron chi connectivity index (χ2n) is 3.22. The van der Waals surface area contributed by atoms with Crippen LogP contribution in [0, 0.1) is 5.92 Å². The van der Waals surface area contributed by atoms with Gasteiger partial charge in [0.15, 0.2) is 0 Å². The van der Waals surface area contributed by atoms with Crippen molar-refractivity contribution >= 4 is 0 Å². The van der Waals surface area contributed by atoms with E-state index >= 15 is 0 Å². The molecule has 1 aliphatic rings. The van der Waals surface area contributed by atoms with Crippen LogP contribution in [0.25, 0.3) is 0 Å². The SMILES string of the molecule is CN1CC[C@@H](COCCO)C1. The molecule has 1 N–H and O–H groups in total. The zero-order chi connectivity index (χ0) is 8.10. The molecule has 3 heteroatoms. The molecule has 0 bridgehead atoms. The molecular formula is C8H17NO2. The lowest BCUT2D eigenvalue weighted by Crippen LogP contribution is -2.17. The molecule has 0 aromatic carbocycles. The van der Waals surface area contributed by atoms with Gasteiger partial charge in [-0.25, -0.2) is 0 Å². The zero-order valence-corrected chi connectivity index (χ0v) is 7.12. The van der Waals surface area contributed by atoms with Gasteiger partial charge in [-0.3, -0.25) is 0 Å².